The molecule has 1 aliphatic rings. The molecule has 0 radical (unpaired) electrons. The van der Waals surface area contributed by atoms with Gasteiger partial charge in [0.1, 0.15) is 0 Å². The fourth-order valence-corrected chi connectivity index (χ4v) is 1.10. The fraction of sp³-hybridized carbons (Fsp3) is 0.714. The molecule has 0 saturated heterocycles. The maximum Gasteiger partial charge on any atom is 0.487 e. The van der Waals surface area contributed by atoms with E-state index >= 15 is 0 Å². The van der Waals surface area contributed by atoms with Gasteiger partial charge in [0, 0.05) is 6.61 Å². The third kappa shape index (κ3) is 1.41. The Morgan fingerprint density at radius 3 is 2.40 bits per heavy atom. The first-order valence-corrected chi connectivity index (χ1v) is 3.52. The highest BCUT2D eigenvalue weighted by Crippen LogP contribution is 2.29. The Morgan fingerprint density at radius 2 is 2.20 bits per heavy atom. The average molecular weight is 140 g/mol. The summed E-state index contributed by atoms with van der Waals surface area (Å²) in [6, 6.07) is 0. The van der Waals surface area contributed by atoms with E-state index in [4.69, 9.17) is 4.65 Å². The molecule has 0 unspecified atom stereocenters. The van der Waals surface area contributed by atoms with E-state index in [-0.39, 0.29) is 5.41 Å². The van der Waals surface area contributed by atoms with Gasteiger partial charge in [-0.05, 0) is 10.9 Å². The van der Waals surface area contributed by atoms with Gasteiger partial charge in [0.05, 0.1) is 0 Å². The quantitative estimate of drug-likeness (QED) is 0.508. The normalized spacial score (nSPS) is 19.6. The van der Waals surface area contributed by atoms with Crippen LogP contribution in [0.1, 0.15) is 20.8 Å². The summed E-state index contributed by atoms with van der Waals surface area (Å²) in [6.07, 6.45) is 1.95. The minimum Gasteiger partial charge on any atom is -0.423 e. The fourth-order valence-electron chi connectivity index (χ4n) is 1.10. The standard InChI is InChI=1S/C7H13BO2/c1-7(2,3)6-4-5-10-8(6)9/h4,9H,5H2,1-3H3. The lowest BCUT2D eigenvalue weighted by Crippen LogP contribution is -2.24. The van der Waals surface area contributed by atoms with Crippen LogP contribution in [0, 0.1) is 5.41 Å². The van der Waals surface area contributed by atoms with E-state index in [9.17, 15) is 5.02 Å². The van der Waals surface area contributed by atoms with Crippen LogP contribution in [0.4, 0.5) is 0 Å². The molecule has 0 aromatic rings. The summed E-state index contributed by atoms with van der Waals surface area (Å²) in [5.74, 6) is 0. The lowest BCUT2D eigenvalue weighted by Gasteiger charge is -2.20. The van der Waals surface area contributed by atoms with Crippen LogP contribution in [-0.4, -0.2) is 18.7 Å². The molecular formula is C7H13BO2. The van der Waals surface area contributed by atoms with E-state index in [1.807, 2.05) is 6.08 Å². The molecule has 1 N–H and O–H groups in total. The largest absolute Gasteiger partial charge is 0.487 e. The first-order valence-electron chi connectivity index (χ1n) is 3.52. The van der Waals surface area contributed by atoms with Gasteiger partial charge in [0.15, 0.2) is 0 Å². The number of hydrogen-bond donors (Lipinski definition) is 1. The molecule has 0 atom stereocenters. The van der Waals surface area contributed by atoms with Gasteiger partial charge >= 0.3 is 7.12 Å². The molecule has 0 amide bonds. The van der Waals surface area contributed by atoms with Gasteiger partial charge in [-0.15, -0.1) is 0 Å². The Kier molecular flexibility index (Phi) is 1.88. The molecule has 0 aliphatic carbocycles. The number of allylic oxidation sites excluding steroid dienone is 1. The van der Waals surface area contributed by atoms with E-state index < -0.39 is 7.12 Å². The first kappa shape index (κ1) is 7.83. The minimum atomic E-state index is -0.667. The van der Waals surface area contributed by atoms with Crippen molar-refractivity contribution in [1.29, 1.82) is 0 Å². The Balaban J connectivity index is 2.72. The van der Waals surface area contributed by atoms with Crippen molar-refractivity contribution in [3.63, 3.8) is 0 Å². The van der Waals surface area contributed by atoms with Crippen LogP contribution in [0.5, 0.6) is 0 Å². The van der Waals surface area contributed by atoms with Crippen LogP contribution >= 0.6 is 0 Å². The van der Waals surface area contributed by atoms with Crippen molar-refractivity contribution in [3.05, 3.63) is 11.5 Å². The van der Waals surface area contributed by atoms with Crippen LogP contribution in [0.3, 0.4) is 0 Å². The topological polar surface area (TPSA) is 29.5 Å². The summed E-state index contributed by atoms with van der Waals surface area (Å²) in [5.41, 5.74) is 1.03. The van der Waals surface area contributed by atoms with Crippen LogP contribution in [0.2, 0.25) is 0 Å². The molecule has 1 aliphatic heterocycles. The highest BCUT2D eigenvalue weighted by Gasteiger charge is 2.32. The zero-order valence-electron chi connectivity index (χ0n) is 6.72. The number of rotatable bonds is 0. The molecule has 0 fully saturated rings. The summed E-state index contributed by atoms with van der Waals surface area (Å²) in [6.45, 7) is 6.75. The number of hydrogen-bond acceptors (Lipinski definition) is 2. The predicted octanol–water partition coefficient (Wildman–Crippen LogP) is 1.01. The van der Waals surface area contributed by atoms with E-state index in [1.54, 1.807) is 0 Å². The molecular weight excluding hydrogens is 127 g/mol. The van der Waals surface area contributed by atoms with E-state index in [1.165, 1.54) is 0 Å². The van der Waals surface area contributed by atoms with E-state index in [2.05, 4.69) is 20.8 Å². The first-order chi connectivity index (χ1) is 4.52. The van der Waals surface area contributed by atoms with Gasteiger partial charge in [-0.2, -0.15) is 0 Å². The van der Waals surface area contributed by atoms with Gasteiger partial charge < -0.3 is 9.68 Å². The van der Waals surface area contributed by atoms with Crippen molar-refractivity contribution >= 4 is 7.12 Å². The Hall–Kier alpha value is -0.275. The molecule has 0 bridgehead atoms. The van der Waals surface area contributed by atoms with Gasteiger partial charge in [-0.25, -0.2) is 0 Å². The SMILES string of the molecule is CC(C)(C)C1=CCOB1O. The van der Waals surface area contributed by atoms with E-state index in [0.29, 0.717) is 6.61 Å². The maximum atomic E-state index is 9.23. The third-order valence-electron chi connectivity index (χ3n) is 1.69. The second-order valence-corrected chi connectivity index (χ2v) is 3.60. The molecule has 56 valence electrons. The Labute approximate surface area is 62.0 Å². The van der Waals surface area contributed by atoms with Gasteiger partial charge in [0.25, 0.3) is 0 Å². The molecule has 0 aromatic heterocycles. The predicted molar refractivity (Wildman–Crippen MR) is 41.5 cm³/mol. The summed E-state index contributed by atoms with van der Waals surface area (Å²) < 4.78 is 4.95. The maximum absolute atomic E-state index is 9.23. The van der Waals surface area contributed by atoms with Crippen LogP contribution in [-0.2, 0) is 4.65 Å². The monoisotopic (exact) mass is 140 g/mol. The van der Waals surface area contributed by atoms with Crippen molar-refractivity contribution in [1.82, 2.24) is 0 Å². The van der Waals surface area contributed by atoms with Crippen LogP contribution in [0.15, 0.2) is 11.5 Å². The molecule has 1 rings (SSSR count). The summed E-state index contributed by atoms with van der Waals surface area (Å²) in [4.78, 5) is 0. The van der Waals surface area contributed by atoms with Crippen molar-refractivity contribution in [3.8, 4) is 0 Å². The second-order valence-electron chi connectivity index (χ2n) is 3.60. The molecule has 0 spiro atoms. The Bertz CT molecular complexity index is 157. The van der Waals surface area contributed by atoms with Crippen LogP contribution < -0.4 is 0 Å². The molecule has 10 heavy (non-hydrogen) atoms. The lowest BCUT2D eigenvalue weighted by atomic mass is 9.66. The molecule has 2 nitrogen and oxygen atoms in total. The smallest absolute Gasteiger partial charge is 0.423 e. The summed E-state index contributed by atoms with van der Waals surface area (Å²) >= 11 is 0. The Morgan fingerprint density at radius 1 is 1.60 bits per heavy atom. The molecule has 3 heteroatoms. The zero-order chi connectivity index (χ0) is 7.78. The third-order valence-corrected chi connectivity index (χ3v) is 1.69. The van der Waals surface area contributed by atoms with Crippen LogP contribution in [0.25, 0.3) is 0 Å². The van der Waals surface area contributed by atoms with Gasteiger partial charge in [0.2, 0.25) is 0 Å². The van der Waals surface area contributed by atoms with Crippen molar-refractivity contribution in [2.24, 2.45) is 5.41 Å². The minimum absolute atomic E-state index is 0.0376. The summed E-state index contributed by atoms with van der Waals surface area (Å²) in [5, 5.41) is 9.23. The second kappa shape index (κ2) is 2.40. The summed E-state index contributed by atoms with van der Waals surface area (Å²) in [7, 11) is -0.667. The molecule has 0 aromatic carbocycles. The van der Waals surface area contributed by atoms with Crippen molar-refractivity contribution in [2.45, 2.75) is 20.8 Å². The van der Waals surface area contributed by atoms with Gasteiger partial charge in [-0.3, -0.25) is 0 Å². The molecule has 1 heterocycles. The van der Waals surface area contributed by atoms with Crippen molar-refractivity contribution < 1.29 is 9.68 Å². The zero-order valence-corrected chi connectivity index (χ0v) is 6.72. The average Bonchev–Trinajstić information content (AvgIpc) is 2.11. The molecule has 0 saturated carbocycles. The van der Waals surface area contributed by atoms with Crippen molar-refractivity contribution in [2.75, 3.05) is 6.61 Å². The highest BCUT2D eigenvalue weighted by atomic mass is 16.5. The lowest BCUT2D eigenvalue weighted by molar-refractivity contribution is 0.309. The van der Waals surface area contributed by atoms with E-state index in [0.717, 1.165) is 5.47 Å². The highest BCUT2D eigenvalue weighted by molar-refractivity contribution is 6.53. The van der Waals surface area contributed by atoms with Gasteiger partial charge in [-0.1, -0.05) is 26.8 Å².